The summed E-state index contributed by atoms with van der Waals surface area (Å²) in [7, 11) is -2.30. The summed E-state index contributed by atoms with van der Waals surface area (Å²) < 4.78 is 63.5. The third kappa shape index (κ3) is 4.37. The van der Waals surface area contributed by atoms with Gasteiger partial charge < -0.3 is 15.5 Å². The van der Waals surface area contributed by atoms with Crippen LogP contribution in [0.1, 0.15) is 5.56 Å². The second-order valence-electron chi connectivity index (χ2n) is 5.49. The molecule has 0 saturated carbocycles. The summed E-state index contributed by atoms with van der Waals surface area (Å²) in [6.45, 7) is 2.55. The standard InChI is InChI=1S/C14H17F4N3O2S/c1-9-6-10(15)11(7-12(9)24(23)8-14(16,17)18)20-2-4-21(5-3-20)13(19)22/h6-7H,2-5,8H2,1H3,(H2,19,22). The maximum Gasteiger partial charge on any atom is 0.400 e. The molecule has 1 atom stereocenters. The first-order chi connectivity index (χ1) is 11.1. The molecule has 5 nitrogen and oxygen atoms in total. The lowest BCUT2D eigenvalue weighted by Crippen LogP contribution is -2.50. The molecule has 2 rings (SSSR count). The Hall–Kier alpha value is -1.84. The summed E-state index contributed by atoms with van der Waals surface area (Å²) in [6.07, 6.45) is -4.57. The molecule has 2 amide bonds. The summed E-state index contributed by atoms with van der Waals surface area (Å²) in [5, 5.41) is 0. The van der Waals surface area contributed by atoms with Gasteiger partial charge in [0, 0.05) is 31.1 Å². The van der Waals surface area contributed by atoms with Gasteiger partial charge in [0.15, 0.2) is 0 Å². The van der Waals surface area contributed by atoms with Crippen LogP contribution in [0.2, 0.25) is 0 Å². The molecule has 10 heteroatoms. The highest BCUT2D eigenvalue weighted by Gasteiger charge is 2.32. The number of hydrogen-bond acceptors (Lipinski definition) is 3. The van der Waals surface area contributed by atoms with Crippen LogP contribution in [-0.2, 0) is 10.8 Å². The number of carbonyl (C=O) groups is 1. The molecule has 134 valence electrons. The maximum absolute atomic E-state index is 14.2. The number of hydrogen-bond donors (Lipinski definition) is 1. The quantitative estimate of drug-likeness (QED) is 0.831. The number of piperazine rings is 1. The van der Waals surface area contributed by atoms with E-state index in [-0.39, 0.29) is 42.3 Å². The van der Waals surface area contributed by atoms with Crippen molar-refractivity contribution >= 4 is 22.5 Å². The fourth-order valence-electron chi connectivity index (χ4n) is 2.52. The Morgan fingerprint density at radius 1 is 1.25 bits per heavy atom. The van der Waals surface area contributed by atoms with E-state index >= 15 is 0 Å². The van der Waals surface area contributed by atoms with Crippen LogP contribution in [0.4, 0.5) is 28.0 Å². The van der Waals surface area contributed by atoms with Gasteiger partial charge in [-0.2, -0.15) is 13.2 Å². The van der Waals surface area contributed by atoms with Crippen molar-refractivity contribution in [3.8, 4) is 0 Å². The fraction of sp³-hybridized carbons (Fsp3) is 0.500. The van der Waals surface area contributed by atoms with Crippen molar-refractivity contribution in [2.45, 2.75) is 18.0 Å². The van der Waals surface area contributed by atoms with E-state index in [2.05, 4.69) is 0 Å². The number of benzene rings is 1. The number of anilines is 1. The minimum absolute atomic E-state index is 0.0407. The Balaban J connectivity index is 2.24. The summed E-state index contributed by atoms with van der Waals surface area (Å²) in [4.78, 5) is 14.0. The van der Waals surface area contributed by atoms with Gasteiger partial charge in [-0.3, -0.25) is 4.21 Å². The molecular formula is C14H17F4N3O2S. The fourth-order valence-corrected chi connectivity index (χ4v) is 3.64. The monoisotopic (exact) mass is 367 g/mol. The van der Waals surface area contributed by atoms with Crippen LogP contribution in [0.5, 0.6) is 0 Å². The van der Waals surface area contributed by atoms with Crippen molar-refractivity contribution in [3.63, 3.8) is 0 Å². The number of amides is 2. The molecule has 2 N–H and O–H groups in total. The SMILES string of the molecule is Cc1cc(F)c(N2CCN(C(N)=O)CC2)cc1S(=O)CC(F)(F)F. The average Bonchev–Trinajstić information content (AvgIpc) is 2.45. The number of carbonyl (C=O) groups excluding carboxylic acids is 1. The predicted molar refractivity (Wildman–Crippen MR) is 81.8 cm³/mol. The number of halogens is 4. The van der Waals surface area contributed by atoms with Gasteiger partial charge in [0.05, 0.1) is 16.5 Å². The lowest BCUT2D eigenvalue weighted by molar-refractivity contribution is -0.105. The normalized spacial score (nSPS) is 17.0. The second kappa shape index (κ2) is 6.96. The third-order valence-corrected chi connectivity index (χ3v) is 5.24. The van der Waals surface area contributed by atoms with Crippen LogP contribution in [-0.4, -0.2) is 53.2 Å². The van der Waals surface area contributed by atoms with Crippen LogP contribution < -0.4 is 10.6 Å². The first-order valence-corrected chi connectivity index (χ1v) is 8.45. The molecular weight excluding hydrogens is 350 g/mol. The highest BCUT2D eigenvalue weighted by Crippen LogP contribution is 2.29. The molecule has 1 aliphatic heterocycles. The maximum atomic E-state index is 14.2. The number of urea groups is 1. The van der Waals surface area contributed by atoms with Crippen molar-refractivity contribution in [1.29, 1.82) is 0 Å². The van der Waals surface area contributed by atoms with Gasteiger partial charge in [0.1, 0.15) is 11.6 Å². The molecule has 0 bridgehead atoms. The highest BCUT2D eigenvalue weighted by molar-refractivity contribution is 7.85. The Kier molecular flexibility index (Phi) is 5.36. The van der Waals surface area contributed by atoms with Crippen LogP contribution in [0, 0.1) is 12.7 Å². The number of primary amides is 1. The zero-order chi connectivity index (χ0) is 18.1. The molecule has 1 heterocycles. The van der Waals surface area contributed by atoms with Crippen molar-refractivity contribution in [3.05, 3.63) is 23.5 Å². The van der Waals surface area contributed by atoms with E-state index in [1.807, 2.05) is 0 Å². The number of nitrogens with zero attached hydrogens (tertiary/aromatic N) is 2. The van der Waals surface area contributed by atoms with E-state index in [9.17, 15) is 26.6 Å². The molecule has 1 unspecified atom stereocenters. The molecule has 1 fully saturated rings. The van der Waals surface area contributed by atoms with Gasteiger partial charge in [0.25, 0.3) is 0 Å². The van der Waals surface area contributed by atoms with E-state index in [0.29, 0.717) is 0 Å². The van der Waals surface area contributed by atoms with E-state index < -0.39 is 34.6 Å². The zero-order valence-electron chi connectivity index (χ0n) is 12.9. The lowest BCUT2D eigenvalue weighted by atomic mass is 10.2. The van der Waals surface area contributed by atoms with Gasteiger partial charge in [-0.1, -0.05) is 0 Å². The first kappa shape index (κ1) is 18.5. The second-order valence-corrected chi connectivity index (χ2v) is 6.91. The van der Waals surface area contributed by atoms with Crippen LogP contribution in [0.15, 0.2) is 17.0 Å². The van der Waals surface area contributed by atoms with Crippen LogP contribution >= 0.6 is 0 Å². The van der Waals surface area contributed by atoms with Gasteiger partial charge in [-0.05, 0) is 24.6 Å². The van der Waals surface area contributed by atoms with Gasteiger partial charge in [-0.15, -0.1) is 0 Å². The Bertz CT molecular complexity index is 658. The molecule has 24 heavy (non-hydrogen) atoms. The average molecular weight is 367 g/mol. The lowest BCUT2D eigenvalue weighted by Gasteiger charge is -2.35. The molecule has 1 saturated heterocycles. The zero-order valence-corrected chi connectivity index (χ0v) is 13.7. The summed E-state index contributed by atoms with van der Waals surface area (Å²) in [5.41, 5.74) is 5.45. The van der Waals surface area contributed by atoms with Gasteiger partial charge in [0.2, 0.25) is 0 Å². The summed E-state index contributed by atoms with van der Waals surface area (Å²) in [5.74, 6) is -2.08. The number of rotatable bonds is 3. The highest BCUT2D eigenvalue weighted by atomic mass is 32.2. The predicted octanol–water partition coefficient (Wildman–Crippen LogP) is 2.00. The van der Waals surface area contributed by atoms with Crippen molar-refractivity contribution in [2.24, 2.45) is 5.73 Å². The molecule has 0 aliphatic carbocycles. The molecule has 1 aliphatic rings. The van der Waals surface area contributed by atoms with E-state index in [0.717, 1.165) is 6.07 Å². The smallest absolute Gasteiger partial charge is 0.366 e. The minimum Gasteiger partial charge on any atom is -0.366 e. The number of alkyl halides is 3. The van der Waals surface area contributed by atoms with Crippen molar-refractivity contribution in [1.82, 2.24) is 4.90 Å². The van der Waals surface area contributed by atoms with Crippen molar-refractivity contribution in [2.75, 3.05) is 36.8 Å². The molecule has 1 aromatic carbocycles. The van der Waals surface area contributed by atoms with Crippen molar-refractivity contribution < 1.29 is 26.6 Å². The summed E-state index contributed by atoms with van der Waals surface area (Å²) >= 11 is 0. The largest absolute Gasteiger partial charge is 0.400 e. The number of nitrogens with two attached hydrogens (primary N) is 1. The number of aryl methyl sites for hydroxylation is 1. The molecule has 0 spiro atoms. The van der Waals surface area contributed by atoms with E-state index in [1.54, 1.807) is 4.90 Å². The Morgan fingerprint density at radius 3 is 2.33 bits per heavy atom. The van der Waals surface area contributed by atoms with E-state index in [4.69, 9.17) is 5.73 Å². The molecule has 1 aromatic rings. The van der Waals surface area contributed by atoms with E-state index in [1.165, 1.54) is 17.9 Å². The van der Waals surface area contributed by atoms with Gasteiger partial charge in [-0.25, -0.2) is 9.18 Å². The minimum atomic E-state index is -4.57. The molecule has 0 aromatic heterocycles. The topological polar surface area (TPSA) is 66.6 Å². The molecule has 0 radical (unpaired) electrons. The van der Waals surface area contributed by atoms with Gasteiger partial charge >= 0.3 is 12.2 Å². The Labute approximate surface area is 138 Å². The van der Waals surface area contributed by atoms with Crippen LogP contribution in [0.25, 0.3) is 0 Å². The van der Waals surface area contributed by atoms with Crippen LogP contribution in [0.3, 0.4) is 0 Å². The Morgan fingerprint density at radius 2 is 1.83 bits per heavy atom. The first-order valence-electron chi connectivity index (χ1n) is 7.13. The third-order valence-electron chi connectivity index (χ3n) is 3.72. The summed E-state index contributed by atoms with van der Waals surface area (Å²) in [6, 6.07) is 1.71.